The van der Waals surface area contributed by atoms with E-state index >= 15 is 0 Å². The number of aromatic nitrogens is 2. The highest BCUT2D eigenvalue weighted by molar-refractivity contribution is 5.35. The van der Waals surface area contributed by atoms with Gasteiger partial charge in [0.1, 0.15) is 11.6 Å². The van der Waals surface area contributed by atoms with Crippen LogP contribution in [0.5, 0.6) is 0 Å². The minimum absolute atomic E-state index is 0.355. The zero-order valence-electron chi connectivity index (χ0n) is 14.1. The van der Waals surface area contributed by atoms with Crippen molar-refractivity contribution < 1.29 is 0 Å². The lowest BCUT2D eigenvalue weighted by Gasteiger charge is -2.37. The van der Waals surface area contributed by atoms with E-state index in [1.54, 1.807) is 0 Å². The third-order valence-corrected chi connectivity index (χ3v) is 4.04. The fraction of sp³-hybridized carbons (Fsp3) is 0.750. The highest BCUT2D eigenvalue weighted by atomic mass is 15.2. The van der Waals surface area contributed by atoms with Gasteiger partial charge in [-0.2, -0.15) is 0 Å². The molecule has 2 heterocycles. The fourth-order valence-electron chi connectivity index (χ4n) is 3.05. The summed E-state index contributed by atoms with van der Waals surface area (Å²) >= 11 is 0. The maximum atomic E-state index is 4.84. The van der Waals surface area contributed by atoms with Crippen molar-refractivity contribution in [3.63, 3.8) is 0 Å². The first-order valence-electron chi connectivity index (χ1n) is 7.97. The van der Waals surface area contributed by atoms with E-state index in [-0.39, 0.29) is 0 Å². The molecule has 0 aromatic carbocycles. The highest BCUT2D eigenvalue weighted by Crippen LogP contribution is 2.31. The number of likely N-dealkylation sites (tertiary alicyclic amines) is 1. The SMILES string of the molecule is CNc1cc(CN(C)C)nc([C@H]2CCCCN2C(C)C)n1. The van der Waals surface area contributed by atoms with E-state index in [0.717, 1.165) is 36.8 Å². The molecule has 0 bridgehead atoms. The van der Waals surface area contributed by atoms with E-state index in [2.05, 4.69) is 43.1 Å². The van der Waals surface area contributed by atoms with Gasteiger partial charge in [-0.25, -0.2) is 9.97 Å². The Hall–Kier alpha value is -1.20. The third-order valence-electron chi connectivity index (χ3n) is 4.04. The molecule has 1 aromatic heterocycles. The van der Waals surface area contributed by atoms with E-state index in [4.69, 9.17) is 9.97 Å². The van der Waals surface area contributed by atoms with Crippen LogP contribution in [-0.2, 0) is 6.54 Å². The van der Waals surface area contributed by atoms with Gasteiger partial charge in [-0.05, 0) is 47.3 Å². The molecule has 0 aliphatic carbocycles. The normalized spacial score (nSPS) is 20.2. The Kier molecular flexibility index (Phi) is 5.53. The first kappa shape index (κ1) is 16.2. The number of piperidine rings is 1. The minimum Gasteiger partial charge on any atom is -0.373 e. The van der Waals surface area contributed by atoms with E-state index < -0.39 is 0 Å². The van der Waals surface area contributed by atoms with Crippen LogP contribution in [0, 0.1) is 0 Å². The molecule has 1 aliphatic rings. The molecule has 0 spiro atoms. The molecule has 5 nitrogen and oxygen atoms in total. The monoisotopic (exact) mass is 291 g/mol. The summed E-state index contributed by atoms with van der Waals surface area (Å²) in [6, 6.07) is 2.94. The van der Waals surface area contributed by atoms with E-state index in [1.165, 1.54) is 12.8 Å². The number of hydrogen-bond donors (Lipinski definition) is 1. The summed E-state index contributed by atoms with van der Waals surface area (Å²) < 4.78 is 0. The van der Waals surface area contributed by atoms with Crippen molar-refractivity contribution in [2.75, 3.05) is 33.0 Å². The molecule has 1 aliphatic heterocycles. The van der Waals surface area contributed by atoms with Gasteiger partial charge < -0.3 is 10.2 Å². The third kappa shape index (κ3) is 4.14. The van der Waals surface area contributed by atoms with Crippen molar-refractivity contribution in [3.05, 3.63) is 17.6 Å². The lowest BCUT2D eigenvalue weighted by molar-refractivity contribution is 0.106. The summed E-state index contributed by atoms with van der Waals surface area (Å²) in [5, 5.41) is 3.18. The number of anilines is 1. The maximum absolute atomic E-state index is 4.84. The summed E-state index contributed by atoms with van der Waals surface area (Å²) in [5.41, 5.74) is 1.09. The predicted octanol–water partition coefficient (Wildman–Crippen LogP) is 2.52. The average molecular weight is 291 g/mol. The lowest BCUT2D eigenvalue weighted by atomic mass is 9.99. The smallest absolute Gasteiger partial charge is 0.148 e. The predicted molar refractivity (Wildman–Crippen MR) is 87.4 cm³/mol. The van der Waals surface area contributed by atoms with Gasteiger partial charge in [-0.1, -0.05) is 6.42 Å². The van der Waals surface area contributed by atoms with Gasteiger partial charge in [-0.3, -0.25) is 4.90 Å². The zero-order chi connectivity index (χ0) is 15.4. The molecule has 1 N–H and O–H groups in total. The second-order valence-corrected chi connectivity index (χ2v) is 6.43. The topological polar surface area (TPSA) is 44.3 Å². The Morgan fingerprint density at radius 3 is 2.71 bits per heavy atom. The van der Waals surface area contributed by atoms with Crippen molar-refractivity contribution in [2.24, 2.45) is 0 Å². The first-order chi connectivity index (χ1) is 10.0. The summed E-state index contributed by atoms with van der Waals surface area (Å²) in [4.78, 5) is 14.3. The highest BCUT2D eigenvalue weighted by Gasteiger charge is 2.28. The van der Waals surface area contributed by atoms with Crippen molar-refractivity contribution in [3.8, 4) is 0 Å². The van der Waals surface area contributed by atoms with Crippen molar-refractivity contribution in [1.82, 2.24) is 19.8 Å². The molecule has 1 atom stereocenters. The number of rotatable bonds is 5. The summed E-state index contributed by atoms with van der Waals surface area (Å²) in [6.45, 7) is 6.53. The zero-order valence-corrected chi connectivity index (χ0v) is 14.1. The molecule has 0 amide bonds. The van der Waals surface area contributed by atoms with Gasteiger partial charge in [0.25, 0.3) is 0 Å². The second-order valence-electron chi connectivity index (χ2n) is 6.43. The standard InChI is InChI=1S/C16H29N5/c1-12(2)21-9-7-6-8-14(21)16-18-13(11-20(4)5)10-15(17-3)19-16/h10,12,14H,6-9,11H2,1-5H3,(H,17,18,19)/t14-/m1/s1. The molecule has 1 fully saturated rings. The maximum Gasteiger partial charge on any atom is 0.148 e. The Morgan fingerprint density at radius 2 is 2.10 bits per heavy atom. The van der Waals surface area contributed by atoms with Gasteiger partial charge in [0.2, 0.25) is 0 Å². The lowest BCUT2D eigenvalue weighted by Crippen LogP contribution is -2.39. The largest absolute Gasteiger partial charge is 0.373 e. The quantitative estimate of drug-likeness (QED) is 0.903. The molecule has 21 heavy (non-hydrogen) atoms. The molecule has 2 rings (SSSR count). The molecule has 1 saturated heterocycles. The van der Waals surface area contributed by atoms with Crippen LogP contribution >= 0.6 is 0 Å². The van der Waals surface area contributed by atoms with Crippen LogP contribution in [0.15, 0.2) is 6.07 Å². The van der Waals surface area contributed by atoms with Crippen molar-refractivity contribution in [2.45, 2.75) is 51.7 Å². The summed E-state index contributed by atoms with van der Waals surface area (Å²) in [5.74, 6) is 1.90. The van der Waals surface area contributed by atoms with Crippen LogP contribution in [0.4, 0.5) is 5.82 Å². The van der Waals surface area contributed by atoms with Crippen LogP contribution in [0.3, 0.4) is 0 Å². The molecule has 5 heteroatoms. The van der Waals surface area contributed by atoms with E-state index in [9.17, 15) is 0 Å². The van der Waals surface area contributed by atoms with Gasteiger partial charge in [0, 0.05) is 25.7 Å². The Labute approximate surface area is 128 Å². The van der Waals surface area contributed by atoms with Crippen molar-refractivity contribution >= 4 is 5.82 Å². The van der Waals surface area contributed by atoms with Gasteiger partial charge in [0.15, 0.2) is 0 Å². The Balaban J connectivity index is 2.31. The van der Waals surface area contributed by atoms with Gasteiger partial charge in [0.05, 0.1) is 11.7 Å². The van der Waals surface area contributed by atoms with E-state index in [1.807, 2.05) is 13.1 Å². The summed E-state index contributed by atoms with van der Waals surface area (Å²) in [7, 11) is 6.07. The van der Waals surface area contributed by atoms with Crippen LogP contribution in [0.2, 0.25) is 0 Å². The van der Waals surface area contributed by atoms with Gasteiger partial charge in [-0.15, -0.1) is 0 Å². The van der Waals surface area contributed by atoms with Crippen LogP contribution < -0.4 is 5.32 Å². The molecule has 1 aromatic rings. The summed E-state index contributed by atoms with van der Waals surface area (Å²) in [6.07, 6.45) is 3.71. The number of hydrogen-bond acceptors (Lipinski definition) is 5. The molecule has 118 valence electrons. The average Bonchev–Trinajstić information content (AvgIpc) is 2.46. The molecule has 0 unspecified atom stereocenters. The molecular formula is C16H29N5. The van der Waals surface area contributed by atoms with Gasteiger partial charge >= 0.3 is 0 Å². The molecule has 0 saturated carbocycles. The number of nitrogens with zero attached hydrogens (tertiary/aromatic N) is 4. The van der Waals surface area contributed by atoms with Crippen molar-refractivity contribution in [1.29, 1.82) is 0 Å². The fourth-order valence-corrected chi connectivity index (χ4v) is 3.05. The van der Waals surface area contributed by atoms with Crippen LogP contribution in [0.25, 0.3) is 0 Å². The second kappa shape index (κ2) is 7.18. The van der Waals surface area contributed by atoms with Crippen LogP contribution in [0.1, 0.15) is 50.7 Å². The van der Waals surface area contributed by atoms with E-state index in [0.29, 0.717) is 12.1 Å². The number of nitrogens with one attached hydrogen (secondary N) is 1. The molecule has 0 radical (unpaired) electrons. The first-order valence-corrected chi connectivity index (χ1v) is 7.97. The molecular weight excluding hydrogens is 262 g/mol. The Morgan fingerprint density at radius 1 is 1.33 bits per heavy atom. The minimum atomic E-state index is 0.355. The van der Waals surface area contributed by atoms with Crippen LogP contribution in [-0.4, -0.2) is 53.5 Å². The Bertz CT molecular complexity index is 458.